The topological polar surface area (TPSA) is 0 Å². The van der Waals surface area contributed by atoms with Crippen molar-refractivity contribution in [3.05, 3.63) is 0 Å². The second-order valence-electron chi connectivity index (χ2n) is 2.57. The molecule has 0 aromatic rings. The van der Waals surface area contributed by atoms with E-state index >= 15 is 0 Å². The standard InChI is InChI=1S/C8H17Cl.Mg.2H/c1-3-5-6-8(4-2)7-9;;;/h8H,3-7H2,1-2H3;;;/q;+2;2*-1. The Balaban J connectivity index is -0.000000107. The van der Waals surface area contributed by atoms with Gasteiger partial charge in [0.1, 0.15) is 0 Å². The van der Waals surface area contributed by atoms with Crippen LogP contribution < -0.4 is 0 Å². The van der Waals surface area contributed by atoms with Crippen molar-refractivity contribution < 1.29 is 2.85 Å². The molecule has 10 heavy (non-hydrogen) atoms. The molecule has 0 nitrogen and oxygen atoms in total. The molecule has 0 N–H and O–H groups in total. The van der Waals surface area contributed by atoms with Crippen LogP contribution in [0.3, 0.4) is 0 Å². The minimum Gasteiger partial charge on any atom is -1.00 e. The molecule has 0 fully saturated rings. The summed E-state index contributed by atoms with van der Waals surface area (Å²) in [6.45, 7) is 4.43. The summed E-state index contributed by atoms with van der Waals surface area (Å²) in [5.74, 6) is 1.61. The van der Waals surface area contributed by atoms with Crippen LogP contribution in [0, 0.1) is 5.92 Å². The first-order chi connectivity index (χ1) is 4.35. The van der Waals surface area contributed by atoms with E-state index in [9.17, 15) is 0 Å². The SMILES string of the molecule is CCCCC(CC)CCl.[H-].[H-].[Mg+2]. The van der Waals surface area contributed by atoms with Crippen molar-refractivity contribution in [1.29, 1.82) is 0 Å². The van der Waals surface area contributed by atoms with Gasteiger partial charge in [0, 0.05) is 5.88 Å². The molecule has 0 rings (SSSR count). The summed E-state index contributed by atoms with van der Waals surface area (Å²) in [5, 5.41) is 0. The van der Waals surface area contributed by atoms with Crippen LogP contribution in [0.5, 0.6) is 0 Å². The van der Waals surface area contributed by atoms with Crippen LogP contribution in [0.25, 0.3) is 0 Å². The fourth-order valence-corrected chi connectivity index (χ4v) is 1.26. The molecule has 0 amide bonds. The molecule has 1 atom stereocenters. The Morgan fingerprint density at radius 1 is 1.40 bits per heavy atom. The van der Waals surface area contributed by atoms with E-state index < -0.39 is 0 Å². The van der Waals surface area contributed by atoms with E-state index in [1.54, 1.807) is 0 Å². The van der Waals surface area contributed by atoms with Crippen LogP contribution in [0.15, 0.2) is 0 Å². The van der Waals surface area contributed by atoms with Gasteiger partial charge in [0.25, 0.3) is 0 Å². The monoisotopic (exact) mass is 174 g/mol. The molecule has 0 bridgehead atoms. The Labute approximate surface area is 88.8 Å². The van der Waals surface area contributed by atoms with E-state index in [-0.39, 0.29) is 25.9 Å². The van der Waals surface area contributed by atoms with E-state index in [4.69, 9.17) is 11.6 Å². The first-order valence-electron chi connectivity index (χ1n) is 3.91. The van der Waals surface area contributed by atoms with Crippen molar-refractivity contribution in [3.63, 3.8) is 0 Å². The van der Waals surface area contributed by atoms with E-state index in [0.29, 0.717) is 0 Å². The van der Waals surface area contributed by atoms with Gasteiger partial charge in [0.05, 0.1) is 0 Å². The molecule has 0 aromatic carbocycles. The second-order valence-corrected chi connectivity index (χ2v) is 2.88. The molecule has 0 aromatic heterocycles. The summed E-state index contributed by atoms with van der Waals surface area (Å²) in [6.07, 6.45) is 5.19. The van der Waals surface area contributed by atoms with Gasteiger partial charge in [-0.1, -0.05) is 33.1 Å². The van der Waals surface area contributed by atoms with Crippen molar-refractivity contribution in [2.24, 2.45) is 5.92 Å². The fraction of sp³-hybridized carbons (Fsp3) is 1.00. The molecule has 1 unspecified atom stereocenters. The van der Waals surface area contributed by atoms with Gasteiger partial charge in [-0.3, -0.25) is 0 Å². The van der Waals surface area contributed by atoms with Gasteiger partial charge >= 0.3 is 23.1 Å². The molecular weight excluding hydrogens is 156 g/mol. The molecule has 0 heterocycles. The van der Waals surface area contributed by atoms with Gasteiger partial charge in [-0.2, -0.15) is 0 Å². The third-order valence-electron chi connectivity index (χ3n) is 1.76. The summed E-state index contributed by atoms with van der Waals surface area (Å²) >= 11 is 5.70. The number of rotatable bonds is 5. The van der Waals surface area contributed by atoms with Crippen molar-refractivity contribution in [3.8, 4) is 0 Å². The number of alkyl halides is 1. The van der Waals surface area contributed by atoms with E-state index in [1.165, 1.54) is 25.7 Å². The molecule has 0 aliphatic rings. The van der Waals surface area contributed by atoms with Crippen LogP contribution in [0.2, 0.25) is 0 Å². The molecule has 0 spiro atoms. The third-order valence-corrected chi connectivity index (χ3v) is 2.20. The second kappa shape index (κ2) is 10.1. The smallest absolute Gasteiger partial charge is 1.00 e. The number of unbranched alkanes of at least 4 members (excludes halogenated alkanes) is 1. The quantitative estimate of drug-likeness (QED) is 0.444. The van der Waals surface area contributed by atoms with Crippen LogP contribution in [-0.4, -0.2) is 28.9 Å². The zero-order valence-corrected chi connectivity index (χ0v) is 9.37. The predicted octanol–water partition coefficient (Wildman–Crippen LogP) is 3.29. The molecule has 0 saturated heterocycles. The Morgan fingerprint density at radius 3 is 2.30 bits per heavy atom. The number of hydrogen-bond acceptors (Lipinski definition) is 0. The summed E-state index contributed by atoms with van der Waals surface area (Å²) in [5.41, 5.74) is 0. The number of halogens is 1. The van der Waals surface area contributed by atoms with Crippen molar-refractivity contribution in [2.45, 2.75) is 39.5 Å². The maximum absolute atomic E-state index is 5.70. The van der Waals surface area contributed by atoms with Crippen molar-refractivity contribution >= 4 is 34.7 Å². The van der Waals surface area contributed by atoms with Gasteiger partial charge in [0.15, 0.2) is 0 Å². The van der Waals surface area contributed by atoms with Gasteiger partial charge < -0.3 is 2.85 Å². The Hall–Kier alpha value is 1.06. The van der Waals surface area contributed by atoms with Gasteiger partial charge in [0.2, 0.25) is 0 Å². The maximum Gasteiger partial charge on any atom is 2.00 e. The third kappa shape index (κ3) is 7.17. The van der Waals surface area contributed by atoms with Crippen LogP contribution in [-0.2, 0) is 0 Å². The minimum absolute atomic E-state index is 0. The van der Waals surface area contributed by atoms with Crippen molar-refractivity contribution in [2.75, 3.05) is 5.88 Å². The zero-order chi connectivity index (χ0) is 7.11. The number of hydrogen-bond donors (Lipinski definition) is 0. The summed E-state index contributed by atoms with van der Waals surface area (Å²) in [7, 11) is 0. The molecular formula is C8H19ClMg. The molecule has 0 radical (unpaired) electrons. The molecule has 0 aliphatic carbocycles. The molecule has 0 saturated carbocycles. The summed E-state index contributed by atoms with van der Waals surface area (Å²) < 4.78 is 0. The van der Waals surface area contributed by atoms with E-state index in [1.807, 2.05) is 0 Å². The Bertz CT molecular complexity index is 61.0. The van der Waals surface area contributed by atoms with Crippen LogP contribution in [0.4, 0.5) is 0 Å². The van der Waals surface area contributed by atoms with Gasteiger partial charge in [-0.25, -0.2) is 0 Å². The fourth-order valence-electron chi connectivity index (χ4n) is 0.883. The first kappa shape index (κ1) is 13.6. The first-order valence-corrected chi connectivity index (χ1v) is 4.44. The average molecular weight is 175 g/mol. The van der Waals surface area contributed by atoms with Crippen LogP contribution in [0.1, 0.15) is 42.4 Å². The van der Waals surface area contributed by atoms with E-state index in [2.05, 4.69) is 13.8 Å². The van der Waals surface area contributed by atoms with E-state index in [0.717, 1.165) is 11.8 Å². The zero-order valence-electron chi connectivity index (χ0n) is 9.20. The largest absolute Gasteiger partial charge is 2.00 e. The maximum atomic E-state index is 5.70. The molecule has 60 valence electrons. The summed E-state index contributed by atoms with van der Waals surface area (Å²) in [6, 6.07) is 0. The minimum atomic E-state index is 0. The predicted molar refractivity (Wildman–Crippen MR) is 52.0 cm³/mol. The summed E-state index contributed by atoms with van der Waals surface area (Å²) in [4.78, 5) is 0. The Morgan fingerprint density at radius 2 is 2.00 bits per heavy atom. The molecule has 2 heteroatoms. The van der Waals surface area contributed by atoms with Gasteiger partial charge in [-0.15, -0.1) is 11.6 Å². The Kier molecular flexibility index (Phi) is 13.7. The molecule has 0 aliphatic heterocycles. The van der Waals surface area contributed by atoms with Crippen LogP contribution >= 0.6 is 11.6 Å². The normalized spacial score (nSPS) is 12.3. The average Bonchev–Trinajstić information content (AvgIpc) is 1.91. The van der Waals surface area contributed by atoms with Crippen molar-refractivity contribution in [1.82, 2.24) is 0 Å². The van der Waals surface area contributed by atoms with Gasteiger partial charge in [-0.05, 0) is 12.3 Å².